The van der Waals surface area contributed by atoms with Gasteiger partial charge in [-0.05, 0) is 55.7 Å². The van der Waals surface area contributed by atoms with Crippen molar-refractivity contribution in [3.8, 4) is 0 Å². The first-order chi connectivity index (χ1) is 13.5. The molecule has 5 nitrogen and oxygen atoms in total. The van der Waals surface area contributed by atoms with Crippen LogP contribution in [-0.4, -0.2) is 18.8 Å². The van der Waals surface area contributed by atoms with E-state index in [1.54, 1.807) is 23.7 Å². The van der Waals surface area contributed by atoms with E-state index in [0.717, 1.165) is 16.7 Å². The number of halogens is 1. The molecule has 1 aromatic heterocycles. The molecular weight excluding hydrogens is 408 g/mol. The van der Waals surface area contributed by atoms with Crippen LogP contribution in [0, 0.1) is 20.8 Å². The number of aryl methyl sites for hydroxylation is 3. The maximum absolute atomic E-state index is 13.2. The topological polar surface area (TPSA) is 82.2 Å². The quantitative estimate of drug-likeness (QED) is 0.487. The molecule has 3 aromatic rings. The van der Waals surface area contributed by atoms with E-state index in [9.17, 15) is 13.2 Å². The van der Waals surface area contributed by atoms with Crippen LogP contribution in [0.3, 0.4) is 0 Å². The molecule has 7 heteroatoms. The maximum atomic E-state index is 13.2. The van der Waals surface area contributed by atoms with Gasteiger partial charge in [-0.3, -0.25) is 4.79 Å². The van der Waals surface area contributed by atoms with Crippen molar-refractivity contribution in [3.63, 3.8) is 0 Å². The molecule has 29 heavy (non-hydrogen) atoms. The third-order valence-corrected chi connectivity index (χ3v) is 6.43. The number of primary sulfonamides is 1. The second-order valence-corrected chi connectivity index (χ2v) is 9.29. The highest BCUT2D eigenvalue weighted by Crippen LogP contribution is 2.33. The van der Waals surface area contributed by atoms with E-state index in [1.165, 1.54) is 12.1 Å². The predicted molar refractivity (Wildman–Crippen MR) is 115 cm³/mol. The van der Waals surface area contributed by atoms with Gasteiger partial charge in [-0.1, -0.05) is 35.9 Å². The average Bonchev–Trinajstić information content (AvgIpc) is 2.94. The van der Waals surface area contributed by atoms with Gasteiger partial charge < -0.3 is 4.57 Å². The van der Waals surface area contributed by atoms with E-state index in [1.807, 2.05) is 45.0 Å². The van der Waals surface area contributed by atoms with E-state index in [-0.39, 0.29) is 10.7 Å². The summed E-state index contributed by atoms with van der Waals surface area (Å²) in [6.45, 7) is 5.77. The van der Waals surface area contributed by atoms with Crippen LogP contribution in [0.25, 0.3) is 0 Å². The molecule has 0 spiro atoms. The summed E-state index contributed by atoms with van der Waals surface area (Å²) in [5.41, 5.74) is 5.31. The van der Waals surface area contributed by atoms with Crippen molar-refractivity contribution < 1.29 is 13.2 Å². The summed E-state index contributed by atoms with van der Waals surface area (Å²) in [5.74, 6) is -0.0732. The van der Waals surface area contributed by atoms with Gasteiger partial charge in [0.15, 0.2) is 0 Å². The van der Waals surface area contributed by atoms with E-state index in [2.05, 4.69) is 0 Å². The number of alkyl halides is 1. The largest absolute Gasteiger partial charge is 0.343 e. The fourth-order valence-electron chi connectivity index (χ4n) is 3.57. The zero-order valence-electron chi connectivity index (χ0n) is 16.7. The van der Waals surface area contributed by atoms with Crippen LogP contribution in [0.15, 0.2) is 53.4 Å². The Hall–Kier alpha value is -2.41. The molecular formula is C22H23ClN2O3S. The molecule has 1 heterocycles. The smallest absolute Gasteiger partial charge is 0.238 e. The molecule has 152 valence electrons. The van der Waals surface area contributed by atoms with Gasteiger partial charge in [-0.2, -0.15) is 0 Å². The van der Waals surface area contributed by atoms with Crippen molar-refractivity contribution in [2.24, 2.45) is 12.2 Å². The Balaban J connectivity index is 2.05. The Labute approximate surface area is 176 Å². The summed E-state index contributed by atoms with van der Waals surface area (Å²) in [5, 5.41) is 4.59. The molecule has 0 bridgehead atoms. The lowest BCUT2D eigenvalue weighted by molar-refractivity contribution is 0.103. The second kappa shape index (κ2) is 7.78. The standard InChI is InChI=1S/C22H23ClN2O3S/c1-13-8-9-18(14(2)10-13)22(26)21-15(3)11-19(25(21)4)20(23)16-6-5-7-17(12-16)29(24,27)28/h5-12,20H,1-4H3,(H2,24,27,28). The number of ketones is 1. The lowest BCUT2D eigenvalue weighted by Gasteiger charge is -2.14. The molecule has 0 aliphatic rings. The van der Waals surface area contributed by atoms with E-state index in [0.29, 0.717) is 22.5 Å². The Morgan fingerprint density at radius 3 is 2.34 bits per heavy atom. The molecule has 0 aliphatic carbocycles. The van der Waals surface area contributed by atoms with Crippen molar-refractivity contribution >= 4 is 27.4 Å². The van der Waals surface area contributed by atoms with Crippen LogP contribution < -0.4 is 5.14 Å². The Bertz CT molecular complexity index is 1210. The number of aromatic nitrogens is 1. The Morgan fingerprint density at radius 2 is 1.72 bits per heavy atom. The van der Waals surface area contributed by atoms with Crippen molar-refractivity contribution in [1.29, 1.82) is 0 Å². The van der Waals surface area contributed by atoms with Crippen molar-refractivity contribution in [3.05, 3.63) is 87.7 Å². The molecule has 2 N–H and O–H groups in total. The van der Waals surface area contributed by atoms with Gasteiger partial charge in [0, 0.05) is 18.3 Å². The highest BCUT2D eigenvalue weighted by molar-refractivity contribution is 7.89. The summed E-state index contributed by atoms with van der Waals surface area (Å²) in [6, 6.07) is 13.8. The number of hydrogen-bond donors (Lipinski definition) is 1. The first kappa shape index (κ1) is 21.3. The first-order valence-electron chi connectivity index (χ1n) is 9.05. The number of benzene rings is 2. The van der Waals surface area contributed by atoms with Gasteiger partial charge in [0.05, 0.1) is 16.0 Å². The zero-order valence-corrected chi connectivity index (χ0v) is 18.3. The monoisotopic (exact) mass is 430 g/mol. The summed E-state index contributed by atoms with van der Waals surface area (Å²) in [7, 11) is -2.04. The number of rotatable bonds is 5. The molecule has 0 fully saturated rings. The molecule has 1 atom stereocenters. The van der Waals surface area contributed by atoms with Crippen LogP contribution in [0.2, 0.25) is 0 Å². The van der Waals surface area contributed by atoms with Crippen LogP contribution in [-0.2, 0) is 17.1 Å². The number of nitrogens with zero attached hydrogens (tertiary/aromatic N) is 1. The van der Waals surface area contributed by atoms with E-state index >= 15 is 0 Å². The normalized spacial score (nSPS) is 12.8. The molecule has 1 unspecified atom stereocenters. The molecule has 0 aliphatic heterocycles. The summed E-state index contributed by atoms with van der Waals surface area (Å²) < 4.78 is 25.1. The van der Waals surface area contributed by atoms with Gasteiger partial charge in [0.25, 0.3) is 0 Å². The molecule has 3 rings (SSSR count). The summed E-state index contributed by atoms with van der Waals surface area (Å²) >= 11 is 6.68. The molecule has 2 aromatic carbocycles. The van der Waals surface area contributed by atoms with Gasteiger partial charge in [0.1, 0.15) is 0 Å². The SMILES string of the molecule is Cc1ccc(C(=O)c2c(C)cc(C(Cl)c3cccc(S(N)(=O)=O)c3)n2C)c(C)c1. The van der Waals surface area contributed by atoms with Crippen molar-refractivity contribution in [2.75, 3.05) is 0 Å². The van der Waals surface area contributed by atoms with Gasteiger partial charge in [0.2, 0.25) is 15.8 Å². The third kappa shape index (κ3) is 4.15. The van der Waals surface area contributed by atoms with Crippen LogP contribution in [0.4, 0.5) is 0 Å². The predicted octanol–water partition coefficient (Wildman–Crippen LogP) is 4.16. The highest BCUT2D eigenvalue weighted by Gasteiger charge is 2.24. The number of carbonyl (C=O) groups excluding carboxylic acids is 1. The first-order valence-corrected chi connectivity index (χ1v) is 11.0. The minimum atomic E-state index is -3.83. The van der Waals surface area contributed by atoms with Crippen molar-refractivity contribution in [2.45, 2.75) is 31.0 Å². The van der Waals surface area contributed by atoms with Gasteiger partial charge in [-0.15, -0.1) is 11.6 Å². The lowest BCUT2D eigenvalue weighted by atomic mass is 9.99. The molecule has 0 radical (unpaired) electrons. The molecule has 0 saturated carbocycles. The number of nitrogens with two attached hydrogens (primary N) is 1. The molecule has 0 saturated heterocycles. The summed E-state index contributed by atoms with van der Waals surface area (Å²) in [6.07, 6.45) is 0. The second-order valence-electron chi connectivity index (χ2n) is 7.29. The van der Waals surface area contributed by atoms with Gasteiger partial charge >= 0.3 is 0 Å². The number of hydrogen-bond acceptors (Lipinski definition) is 3. The Kier molecular flexibility index (Phi) is 5.72. The zero-order chi connectivity index (χ0) is 21.5. The minimum absolute atomic E-state index is 0.00170. The maximum Gasteiger partial charge on any atom is 0.238 e. The fourth-order valence-corrected chi connectivity index (χ4v) is 4.48. The van der Waals surface area contributed by atoms with Crippen LogP contribution in [0.1, 0.15) is 49.4 Å². The van der Waals surface area contributed by atoms with Crippen molar-refractivity contribution in [1.82, 2.24) is 4.57 Å². The van der Waals surface area contributed by atoms with E-state index in [4.69, 9.17) is 16.7 Å². The van der Waals surface area contributed by atoms with Crippen LogP contribution >= 0.6 is 11.6 Å². The summed E-state index contributed by atoms with van der Waals surface area (Å²) in [4.78, 5) is 13.2. The van der Waals surface area contributed by atoms with Crippen LogP contribution in [0.5, 0.6) is 0 Å². The highest BCUT2D eigenvalue weighted by atomic mass is 35.5. The van der Waals surface area contributed by atoms with E-state index < -0.39 is 15.4 Å². The van der Waals surface area contributed by atoms with Gasteiger partial charge in [-0.25, -0.2) is 13.6 Å². The number of sulfonamides is 1. The molecule has 0 amide bonds. The third-order valence-electron chi connectivity index (χ3n) is 5.04. The lowest BCUT2D eigenvalue weighted by Crippen LogP contribution is -2.14. The fraction of sp³-hybridized carbons (Fsp3) is 0.227. The minimum Gasteiger partial charge on any atom is -0.343 e. The average molecular weight is 431 g/mol. The Morgan fingerprint density at radius 1 is 1.03 bits per heavy atom. The number of carbonyl (C=O) groups is 1.